The van der Waals surface area contributed by atoms with Crippen LogP contribution in [0.25, 0.3) is 0 Å². The van der Waals surface area contributed by atoms with Crippen LogP contribution in [0.5, 0.6) is 0 Å². The molecule has 1 heterocycles. The molecule has 18 heavy (non-hydrogen) atoms. The zero-order valence-corrected chi connectivity index (χ0v) is 11.3. The van der Waals surface area contributed by atoms with Crippen LogP contribution in [0.1, 0.15) is 23.6 Å². The Bertz CT molecular complexity index is 436. The van der Waals surface area contributed by atoms with E-state index in [1.165, 1.54) is 16.8 Å². The van der Waals surface area contributed by atoms with Gasteiger partial charge in [0.15, 0.2) is 5.11 Å². The molecule has 1 atom stereocenters. The van der Waals surface area contributed by atoms with Crippen LogP contribution in [0.3, 0.4) is 0 Å². The van der Waals surface area contributed by atoms with Gasteiger partial charge in [0.05, 0.1) is 12.6 Å². The quantitative estimate of drug-likeness (QED) is 0.621. The van der Waals surface area contributed by atoms with Gasteiger partial charge in [0.25, 0.3) is 0 Å². The molecule has 5 heteroatoms. The molecule has 1 aromatic carbocycles. The molecule has 0 radical (unpaired) electrons. The highest BCUT2D eigenvalue weighted by molar-refractivity contribution is 7.80. The van der Waals surface area contributed by atoms with Gasteiger partial charge in [-0.1, -0.05) is 18.2 Å². The zero-order chi connectivity index (χ0) is 13.0. The van der Waals surface area contributed by atoms with Gasteiger partial charge in [-0.2, -0.15) is 0 Å². The molecule has 0 amide bonds. The third-order valence-corrected chi connectivity index (χ3v) is 3.38. The number of aryl methyl sites for hydroxylation is 1. The van der Waals surface area contributed by atoms with E-state index in [1.54, 1.807) is 0 Å². The molecule has 0 fully saturated rings. The van der Waals surface area contributed by atoms with E-state index in [4.69, 9.17) is 17.3 Å². The van der Waals surface area contributed by atoms with Gasteiger partial charge >= 0.3 is 0 Å². The van der Waals surface area contributed by atoms with Gasteiger partial charge in [0, 0.05) is 18.8 Å². The molecule has 1 unspecified atom stereocenters. The van der Waals surface area contributed by atoms with Crippen molar-refractivity contribution in [3.05, 3.63) is 29.3 Å². The topological polar surface area (TPSA) is 56.3 Å². The summed E-state index contributed by atoms with van der Waals surface area (Å²) in [5.41, 5.74) is 3.73. The van der Waals surface area contributed by atoms with Crippen LogP contribution in [0.2, 0.25) is 0 Å². The summed E-state index contributed by atoms with van der Waals surface area (Å²) in [6.07, 6.45) is 0.997. The molecule has 1 aliphatic heterocycles. The van der Waals surface area contributed by atoms with Crippen LogP contribution in [0.15, 0.2) is 18.2 Å². The Morgan fingerprint density at radius 2 is 2.39 bits per heavy atom. The van der Waals surface area contributed by atoms with Crippen molar-refractivity contribution in [1.29, 1.82) is 0 Å². The number of thiocarbonyl (C=S) groups is 1. The van der Waals surface area contributed by atoms with Crippen molar-refractivity contribution in [3.8, 4) is 0 Å². The highest BCUT2D eigenvalue weighted by Gasteiger charge is 2.21. The number of aliphatic hydroxyl groups is 1. The van der Waals surface area contributed by atoms with Gasteiger partial charge < -0.3 is 21.1 Å². The Hall–Kier alpha value is -1.33. The fourth-order valence-electron chi connectivity index (χ4n) is 2.25. The molecule has 0 aromatic heterocycles. The van der Waals surface area contributed by atoms with E-state index in [1.807, 2.05) is 0 Å². The predicted molar refractivity (Wildman–Crippen MR) is 77.8 cm³/mol. The van der Waals surface area contributed by atoms with E-state index in [0.717, 1.165) is 13.0 Å². The number of hydrogen-bond donors (Lipinski definition) is 4. The van der Waals surface area contributed by atoms with Crippen LogP contribution in [-0.4, -0.2) is 29.9 Å². The summed E-state index contributed by atoms with van der Waals surface area (Å²) in [6, 6.07) is 6.54. The maximum absolute atomic E-state index is 8.76. The normalized spacial score (nSPS) is 17.6. The largest absolute Gasteiger partial charge is 0.395 e. The van der Waals surface area contributed by atoms with Crippen LogP contribution >= 0.6 is 12.2 Å². The van der Waals surface area contributed by atoms with E-state index >= 15 is 0 Å². The molecule has 0 aliphatic carbocycles. The molecule has 0 spiro atoms. The lowest BCUT2D eigenvalue weighted by atomic mass is 9.95. The second-order valence-corrected chi connectivity index (χ2v) is 4.84. The Labute approximate surface area is 113 Å². The molecule has 0 bridgehead atoms. The third-order valence-electron chi connectivity index (χ3n) is 3.12. The summed E-state index contributed by atoms with van der Waals surface area (Å²) < 4.78 is 0. The summed E-state index contributed by atoms with van der Waals surface area (Å²) in [5, 5.41) is 19.1. The fraction of sp³-hybridized carbons (Fsp3) is 0.462. The molecule has 0 saturated carbocycles. The number of aliphatic hydroxyl groups excluding tert-OH is 1. The summed E-state index contributed by atoms with van der Waals surface area (Å²) in [5.74, 6) is 0. The third kappa shape index (κ3) is 2.91. The molecular formula is C13H19N3OS. The van der Waals surface area contributed by atoms with E-state index in [9.17, 15) is 0 Å². The second kappa shape index (κ2) is 6.02. The van der Waals surface area contributed by atoms with Crippen molar-refractivity contribution in [2.45, 2.75) is 19.4 Å². The van der Waals surface area contributed by atoms with Gasteiger partial charge in [0.1, 0.15) is 0 Å². The smallest absolute Gasteiger partial charge is 0.166 e. The molecular weight excluding hydrogens is 246 g/mol. The van der Waals surface area contributed by atoms with E-state index in [2.05, 4.69) is 41.1 Å². The number of fused-ring (bicyclic) bond motifs is 1. The summed E-state index contributed by atoms with van der Waals surface area (Å²) >= 11 is 5.21. The Morgan fingerprint density at radius 3 is 3.17 bits per heavy atom. The van der Waals surface area contributed by atoms with Gasteiger partial charge in [-0.25, -0.2) is 0 Å². The predicted octanol–water partition coefficient (Wildman–Crippen LogP) is 1.31. The van der Waals surface area contributed by atoms with E-state index in [0.29, 0.717) is 11.7 Å². The minimum atomic E-state index is 0.0870. The van der Waals surface area contributed by atoms with Crippen LogP contribution < -0.4 is 16.0 Å². The lowest BCUT2D eigenvalue weighted by Gasteiger charge is -2.29. The molecule has 1 aliphatic rings. The van der Waals surface area contributed by atoms with Crippen LogP contribution in [-0.2, 0) is 0 Å². The first-order chi connectivity index (χ1) is 8.72. The highest BCUT2D eigenvalue weighted by Crippen LogP contribution is 2.31. The highest BCUT2D eigenvalue weighted by atomic mass is 32.1. The number of rotatable bonds is 3. The second-order valence-electron chi connectivity index (χ2n) is 4.43. The van der Waals surface area contributed by atoms with Crippen molar-refractivity contribution in [3.63, 3.8) is 0 Å². The average molecular weight is 265 g/mol. The van der Waals surface area contributed by atoms with E-state index < -0.39 is 0 Å². The van der Waals surface area contributed by atoms with Crippen molar-refractivity contribution >= 4 is 23.0 Å². The summed E-state index contributed by atoms with van der Waals surface area (Å²) in [4.78, 5) is 0. The fourth-order valence-corrected chi connectivity index (χ4v) is 2.49. The number of para-hydroxylation sites is 1. The van der Waals surface area contributed by atoms with E-state index in [-0.39, 0.29) is 12.6 Å². The van der Waals surface area contributed by atoms with Crippen molar-refractivity contribution in [2.75, 3.05) is 25.0 Å². The van der Waals surface area contributed by atoms with Crippen LogP contribution in [0.4, 0.5) is 5.69 Å². The van der Waals surface area contributed by atoms with Gasteiger partial charge in [0.2, 0.25) is 0 Å². The molecule has 0 saturated heterocycles. The molecule has 2 rings (SSSR count). The zero-order valence-electron chi connectivity index (χ0n) is 10.5. The van der Waals surface area contributed by atoms with Crippen molar-refractivity contribution in [1.82, 2.24) is 10.6 Å². The molecule has 98 valence electrons. The maximum Gasteiger partial charge on any atom is 0.166 e. The number of hydrogen-bond acceptors (Lipinski definition) is 3. The first-order valence-electron chi connectivity index (χ1n) is 6.21. The minimum absolute atomic E-state index is 0.0870. The number of nitrogens with one attached hydrogen (secondary N) is 3. The number of anilines is 1. The van der Waals surface area contributed by atoms with Crippen molar-refractivity contribution < 1.29 is 5.11 Å². The van der Waals surface area contributed by atoms with Gasteiger partial charge in [-0.3, -0.25) is 0 Å². The van der Waals surface area contributed by atoms with Crippen molar-refractivity contribution in [2.24, 2.45) is 0 Å². The average Bonchev–Trinajstić information content (AvgIpc) is 2.38. The summed E-state index contributed by atoms with van der Waals surface area (Å²) in [6.45, 7) is 3.62. The van der Waals surface area contributed by atoms with Gasteiger partial charge in [-0.15, -0.1) is 0 Å². The summed E-state index contributed by atoms with van der Waals surface area (Å²) in [7, 11) is 0. The minimum Gasteiger partial charge on any atom is -0.395 e. The van der Waals surface area contributed by atoms with Crippen LogP contribution in [0, 0.1) is 6.92 Å². The van der Waals surface area contributed by atoms with Gasteiger partial charge in [-0.05, 0) is 36.7 Å². The Kier molecular flexibility index (Phi) is 4.38. The Morgan fingerprint density at radius 1 is 1.56 bits per heavy atom. The molecule has 1 aromatic rings. The molecule has 4 N–H and O–H groups in total. The first-order valence-corrected chi connectivity index (χ1v) is 6.62. The lowest BCUT2D eigenvalue weighted by molar-refractivity contribution is 0.300. The number of benzene rings is 1. The first kappa shape index (κ1) is 13.1. The molecule has 4 nitrogen and oxygen atoms in total. The Balaban J connectivity index is 2.08. The lowest BCUT2D eigenvalue weighted by Crippen LogP contribution is -2.40. The SMILES string of the molecule is Cc1cccc2c1NCCC2NC(=S)NCCO. The standard InChI is InChI=1S/C13H19N3OS/c1-9-3-2-4-10-11(5-6-14-12(9)10)16-13(18)15-7-8-17/h2-4,11,14,17H,5-8H2,1H3,(H2,15,16,18). The maximum atomic E-state index is 8.76. The monoisotopic (exact) mass is 265 g/mol.